The lowest BCUT2D eigenvalue weighted by molar-refractivity contribution is -0.136. The standard InChI is InChI=1S/C17H30N4O2.2ClH/c1-2-19-9-11-20(12-10-19)15(22)13-14-3-7-21(8-4-14)16(23)17(18)5-6-17;;/h14H,2-13,18H2,1H3;2*1H. The smallest absolute Gasteiger partial charge is 0.242 e. The maximum absolute atomic E-state index is 12.5. The zero-order valence-corrected chi connectivity index (χ0v) is 16.7. The number of carbonyl (C=O) groups is 2. The highest BCUT2D eigenvalue weighted by molar-refractivity contribution is 5.89. The van der Waals surface area contributed by atoms with Crippen molar-refractivity contribution in [2.45, 2.75) is 44.6 Å². The molecule has 1 aliphatic carbocycles. The maximum Gasteiger partial charge on any atom is 0.242 e. The minimum Gasteiger partial charge on any atom is -0.341 e. The first-order valence-corrected chi connectivity index (χ1v) is 9.10. The molecule has 8 heteroatoms. The van der Waals surface area contributed by atoms with Gasteiger partial charge in [-0.05, 0) is 38.1 Å². The molecule has 0 bridgehead atoms. The first-order chi connectivity index (χ1) is 11.0. The third-order valence-corrected chi connectivity index (χ3v) is 5.75. The number of nitrogens with zero attached hydrogens (tertiary/aromatic N) is 3. The van der Waals surface area contributed by atoms with Gasteiger partial charge in [0.05, 0.1) is 5.54 Å². The number of rotatable bonds is 4. The van der Waals surface area contributed by atoms with Crippen LogP contribution >= 0.6 is 24.8 Å². The molecule has 1 saturated carbocycles. The van der Waals surface area contributed by atoms with E-state index < -0.39 is 5.54 Å². The average Bonchev–Trinajstić information content (AvgIpc) is 3.34. The molecule has 2 amide bonds. The van der Waals surface area contributed by atoms with Crippen LogP contribution < -0.4 is 5.73 Å². The van der Waals surface area contributed by atoms with Crippen LogP contribution in [0.5, 0.6) is 0 Å². The number of halogens is 2. The van der Waals surface area contributed by atoms with E-state index in [1.807, 2.05) is 9.80 Å². The van der Waals surface area contributed by atoms with Crippen molar-refractivity contribution in [2.75, 3.05) is 45.8 Å². The Bertz CT molecular complexity index is 458. The second-order valence-corrected chi connectivity index (χ2v) is 7.41. The summed E-state index contributed by atoms with van der Waals surface area (Å²) in [4.78, 5) is 31.0. The molecule has 2 N–H and O–H groups in total. The monoisotopic (exact) mass is 394 g/mol. The maximum atomic E-state index is 12.5. The van der Waals surface area contributed by atoms with Crippen LogP contribution in [0.1, 0.15) is 39.0 Å². The van der Waals surface area contributed by atoms with Crippen molar-refractivity contribution in [1.82, 2.24) is 14.7 Å². The first-order valence-electron chi connectivity index (χ1n) is 9.10. The summed E-state index contributed by atoms with van der Waals surface area (Å²) in [5.41, 5.74) is 5.45. The predicted octanol–water partition coefficient (Wildman–Crippen LogP) is 1.11. The molecule has 2 aliphatic heterocycles. The number of piperazine rings is 1. The van der Waals surface area contributed by atoms with E-state index in [2.05, 4.69) is 11.8 Å². The van der Waals surface area contributed by atoms with E-state index in [-0.39, 0.29) is 30.7 Å². The molecule has 0 aromatic heterocycles. The molecular weight excluding hydrogens is 363 g/mol. The van der Waals surface area contributed by atoms with Crippen molar-refractivity contribution in [3.63, 3.8) is 0 Å². The van der Waals surface area contributed by atoms with Gasteiger partial charge in [-0.15, -0.1) is 24.8 Å². The van der Waals surface area contributed by atoms with Crippen LogP contribution in [0.4, 0.5) is 0 Å². The molecule has 0 radical (unpaired) electrons. The molecule has 3 rings (SSSR count). The van der Waals surface area contributed by atoms with Crippen molar-refractivity contribution in [1.29, 1.82) is 0 Å². The molecule has 0 aromatic carbocycles. The Balaban J connectivity index is 0.00000156. The Kier molecular flexibility index (Phi) is 8.45. The second kappa shape index (κ2) is 9.40. The lowest BCUT2D eigenvalue weighted by Crippen LogP contribution is -2.50. The van der Waals surface area contributed by atoms with E-state index in [4.69, 9.17) is 5.73 Å². The van der Waals surface area contributed by atoms with E-state index in [0.717, 1.165) is 71.5 Å². The minimum absolute atomic E-state index is 0. The molecule has 0 aromatic rings. The summed E-state index contributed by atoms with van der Waals surface area (Å²) in [6.07, 6.45) is 4.16. The van der Waals surface area contributed by atoms with Gasteiger partial charge in [0.1, 0.15) is 0 Å². The van der Waals surface area contributed by atoms with E-state index in [0.29, 0.717) is 18.2 Å². The van der Waals surface area contributed by atoms with E-state index >= 15 is 0 Å². The molecule has 3 aliphatic rings. The molecule has 0 spiro atoms. The van der Waals surface area contributed by atoms with Gasteiger partial charge in [0.15, 0.2) is 0 Å². The topological polar surface area (TPSA) is 69.9 Å². The largest absolute Gasteiger partial charge is 0.341 e. The number of likely N-dealkylation sites (N-methyl/N-ethyl adjacent to an activating group) is 1. The Morgan fingerprint density at radius 1 is 0.960 bits per heavy atom. The number of likely N-dealkylation sites (tertiary alicyclic amines) is 1. The van der Waals surface area contributed by atoms with Gasteiger partial charge < -0.3 is 20.4 Å². The molecule has 25 heavy (non-hydrogen) atoms. The van der Waals surface area contributed by atoms with Crippen molar-refractivity contribution in [3.05, 3.63) is 0 Å². The fourth-order valence-corrected chi connectivity index (χ4v) is 3.69. The number of amides is 2. The highest BCUT2D eigenvalue weighted by Crippen LogP contribution is 2.35. The van der Waals surface area contributed by atoms with Gasteiger partial charge in [-0.2, -0.15) is 0 Å². The Labute approximate surface area is 163 Å². The van der Waals surface area contributed by atoms with Gasteiger partial charge in [-0.3, -0.25) is 9.59 Å². The number of hydrogen-bond acceptors (Lipinski definition) is 4. The van der Waals surface area contributed by atoms with Crippen molar-refractivity contribution in [2.24, 2.45) is 11.7 Å². The fourth-order valence-electron chi connectivity index (χ4n) is 3.69. The summed E-state index contributed by atoms with van der Waals surface area (Å²) in [6.45, 7) is 8.47. The summed E-state index contributed by atoms with van der Waals surface area (Å²) >= 11 is 0. The number of nitrogens with two attached hydrogens (primary N) is 1. The predicted molar refractivity (Wildman–Crippen MR) is 103 cm³/mol. The number of hydrogen-bond donors (Lipinski definition) is 1. The highest BCUT2D eigenvalue weighted by Gasteiger charge is 2.48. The van der Waals surface area contributed by atoms with E-state index in [9.17, 15) is 9.59 Å². The van der Waals surface area contributed by atoms with E-state index in [1.165, 1.54) is 0 Å². The van der Waals surface area contributed by atoms with Crippen LogP contribution in [-0.4, -0.2) is 77.9 Å². The molecular formula is C17H32Cl2N4O2. The zero-order valence-electron chi connectivity index (χ0n) is 15.1. The summed E-state index contributed by atoms with van der Waals surface area (Å²) < 4.78 is 0. The van der Waals surface area contributed by atoms with Gasteiger partial charge >= 0.3 is 0 Å². The SMILES string of the molecule is CCN1CCN(C(=O)CC2CCN(C(=O)C3(N)CC3)CC2)CC1.Cl.Cl. The average molecular weight is 395 g/mol. The van der Waals surface area contributed by atoms with Gasteiger partial charge in [0.2, 0.25) is 11.8 Å². The molecule has 0 atom stereocenters. The lowest BCUT2D eigenvalue weighted by Gasteiger charge is -2.36. The van der Waals surface area contributed by atoms with Crippen LogP contribution in [0.15, 0.2) is 0 Å². The minimum atomic E-state index is -0.554. The third kappa shape index (κ3) is 5.46. The lowest BCUT2D eigenvalue weighted by atomic mass is 9.92. The second-order valence-electron chi connectivity index (χ2n) is 7.41. The van der Waals surface area contributed by atoms with Gasteiger partial charge in [-0.25, -0.2) is 0 Å². The molecule has 2 heterocycles. The summed E-state index contributed by atoms with van der Waals surface area (Å²) in [5, 5.41) is 0. The summed E-state index contributed by atoms with van der Waals surface area (Å²) in [5.74, 6) is 0.838. The van der Waals surface area contributed by atoms with Crippen LogP contribution in [-0.2, 0) is 9.59 Å². The Hall–Kier alpha value is -0.560. The fraction of sp³-hybridized carbons (Fsp3) is 0.882. The van der Waals surface area contributed by atoms with E-state index in [1.54, 1.807) is 0 Å². The number of piperidine rings is 1. The van der Waals surface area contributed by atoms with Gasteiger partial charge in [0, 0.05) is 45.7 Å². The Morgan fingerprint density at radius 2 is 1.52 bits per heavy atom. The zero-order chi connectivity index (χ0) is 16.4. The molecule has 6 nitrogen and oxygen atoms in total. The van der Waals surface area contributed by atoms with Crippen molar-refractivity contribution >= 4 is 36.6 Å². The van der Waals surface area contributed by atoms with Crippen LogP contribution in [0.25, 0.3) is 0 Å². The van der Waals surface area contributed by atoms with Gasteiger partial charge in [-0.1, -0.05) is 6.92 Å². The van der Waals surface area contributed by atoms with Crippen LogP contribution in [0, 0.1) is 5.92 Å². The first kappa shape index (κ1) is 22.5. The van der Waals surface area contributed by atoms with Gasteiger partial charge in [0.25, 0.3) is 0 Å². The Morgan fingerprint density at radius 3 is 2.00 bits per heavy atom. The molecule has 0 unspecified atom stereocenters. The quantitative estimate of drug-likeness (QED) is 0.775. The molecule has 146 valence electrons. The van der Waals surface area contributed by atoms with Crippen LogP contribution in [0.3, 0.4) is 0 Å². The molecule has 2 saturated heterocycles. The van der Waals surface area contributed by atoms with Crippen LogP contribution in [0.2, 0.25) is 0 Å². The molecule has 3 fully saturated rings. The third-order valence-electron chi connectivity index (χ3n) is 5.75. The highest BCUT2D eigenvalue weighted by atomic mass is 35.5. The number of carbonyl (C=O) groups excluding carboxylic acids is 2. The summed E-state index contributed by atoms with van der Waals surface area (Å²) in [7, 11) is 0. The summed E-state index contributed by atoms with van der Waals surface area (Å²) in [6, 6.07) is 0. The normalized spacial score (nSPS) is 23.4. The van der Waals surface area contributed by atoms with Crippen molar-refractivity contribution in [3.8, 4) is 0 Å². The van der Waals surface area contributed by atoms with Crippen molar-refractivity contribution < 1.29 is 9.59 Å².